The molecule has 1 saturated heterocycles. The Morgan fingerprint density at radius 1 is 1.17 bits per heavy atom. The van der Waals surface area contributed by atoms with E-state index in [1.54, 1.807) is 31.3 Å². The number of hydrogen-bond acceptors (Lipinski definition) is 4. The van der Waals surface area contributed by atoms with Gasteiger partial charge in [0.2, 0.25) is 5.91 Å². The molecule has 7 nitrogen and oxygen atoms in total. The lowest BCUT2D eigenvalue weighted by molar-refractivity contribution is -0.130. The second-order valence-electron chi connectivity index (χ2n) is 7.48. The molecular formula is C21H25Cl2N5O2. The molecule has 0 spiro atoms. The minimum atomic E-state index is -0.330. The second kappa shape index (κ2) is 9.62. The average Bonchev–Trinajstić information content (AvgIpc) is 2.75. The van der Waals surface area contributed by atoms with E-state index in [2.05, 4.69) is 15.3 Å². The molecule has 3 amide bonds. The van der Waals surface area contributed by atoms with Gasteiger partial charge in [-0.15, -0.1) is 0 Å². The molecule has 0 radical (unpaired) electrons. The van der Waals surface area contributed by atoms with Gasteiger partial charge in [-0.05, 0) is 25.3 Å². The lowest BCUT2D eigenvalue weighted by atomic mass is 10.0. The largest absolute Gasteiger partial charge is 0.343 e. The summed E-state index contributed by atoms with van der Waals surface area (Å²) >= 11 is 13.0. The van der Waals surface area contributed by atoms with Gasteiger partial charge in [0.15, 0.2) is 0 Å². The van der Waals surface area contributed by atoms with Gasteiger partial charge < -0.3 is 15.1 Å². The van der Waals surface area contributed by atoms with Gasteiger partial charge in [-0.25, -0.2) is 14.8 Å². The molecular weight excluding hydrogens is 425 g/mol. The third-order valence-electron chi connectivity index (χ3n) is 5.57. The van der Waals surface area contributed by atoms with Gasteiger partial charge in [0.05, 0.1) is 16.1 Å². The topological polar surface area (TPSA) is 78.4 Å². The third kappa shape index (κ3) is 4.84. The van der Waals surface area contributed by atoms with Gasteiger partial charge >= 0.3 is 6.03 Å². The molecule has 9 heteroatoms. The van der Waals surface area contributed by atoms with Crippen LogP contribution in [0.4, 0.5) is 4.79 Å². The van der Waals surface area contributed by atoms with Crippen LogP contribution in [0.3, 0.4) is 0 Å². The van der Waals surface area contributed by atoms with Gasteiger partial charge in [-0.3, -0.25) is 4.79 Å². The number of carbonyl (C=O) groups excluding carboxylic acids is 2. The van der Waals surface area contributed by atoms with E-state index >= 15 is 0 Å². The number of nitrogens with zero attached hydrogens (tertiary/aromatic N) is 4. The first-order chi connectivity index (χ1) is 14.3. The third-order valence-corrected chi connectivity index (χ3v) is 6.46. The summed E-state index contributed by atoms with van der Waals surface area (Å²) < 4.78 is 0. The van der Waals surface area contributed by atoms with Crippen molar-refractivity contribution in [1.82, 2.24) is 25.1 Å². The number of aromatic nitrogens is 2. The highest BCUT2D eigenvalue weighted by atomic mass is 35.5. The van der Waals surface area contributed by atoms with E-state index in [1.165, 1.54) is 6.33 Å². The van der Waals surface area contributed by atoms with Crippen molar-refractivity contribution in [3.63, 3.8) is 0 Å². The lowest BCUT2D eigenvalue weighted by Crippen LogP contribution is -2.49. The van der Waals surface area contributed by atoms with Crippen LogP contribution in [-0.4, -0.2) is 57.9 Å². The quantitative estimate of drug-likeness (QED) is 0.759. The number of carbonyl (C=O) groups is 2. The minimum absolute atomic E-state index is 0.0752. The van der Waals surface area contributed by atoms with Crippen LogP contribution in [0.1, 0.15) is 38.3 Å². The van der Waals surface area contributed by atoms with Gasteiger partial charge in [-0.2, -0.15) is 0 Å². The van der Waals surface area contributed by atoms with Crippen LogP contribution in [0.2, 0.25) is 10.0 Å². The number of rotatable bonds is 4. The van der Waals surface area contributed by atoms with Crippen LogP contribution in [0.15, 0.2) is 30.9 Å². The van der Waals surface area contributed by atoms with E-state index in [0.717, 1.165) is 29.5 Å². The maximum atomic E-state index is 12.8. The first kappa shape index (κ1) is 22.3. The number of likely N-dealkylation sites (tertiary alicyclic amines) is 1. The van der Waals surface area contributed by atoms with E-state index in [-0.39, 0.29) is 24.0 Å². The van der Waals surface area contributed by atoms with E-state index in [9.17, 15) is 9.59 Å². The molecule has 30 heavy (non-hydrogen) atoms. The molecule has 0 aliphatic carbocycles. The fraction of sp³-hybridized carbons (Fsp3) is 0.429. The number of urea groups is 1. The van der Waals surface area contributed by atoms with Crippen LogP contribution in [0, 0.1) is 0 Å². The maximum absolute atomic E-state index is 12.8. The van der Waals surface area contributed by atoms with Crippen molar-refractivity contribution < 1.29 is 9.59 Å². The highest BCUT2D eigenvalue weighted by molar-refractivity contribution is 6.44. The predicted octanol–water partition coefficient (Wildman–Crippen LogP) is 4.16. The summed E-state index contributed by atoms with van der Waals surface area (Å²) in [7, 11) is 1.78. The molecule has 1 aliphatic rings. The van der Waals surface area contributed by atoms with Gasteiger partial charge in [0.1, 0.15) is 6.33 Å². The van der Waals surface area contributed by atoms with Crippen molar-refractivity contribution in [3.05, 3.63) is 46.5 Å². The summed E-state index contributed by atoms with van der Waals surface area (Å²) in [5.74, 6) is 0.0752. The van der Waals surface area contributed by atoms with Crippen molar-refractivity contribution >= 4 is 35.1 Å². The SMILES string of the molecule is CC(=O)N1CCC(N(C)C(=O)NC(C)c2ccc(-c3cncnc3)c(Cl)c2Cl)CC1. The van der Waals surface area contributed by atoms with Crippen LogP contribution >= 0.6 is 23.2 Å². The molecule has 0 bridgehead atoms. The molecule has 1 aromatic carbocycles. The Bertz CT molecular complexity index is 917. The van der Waals surface area contributed by atoms with Crippen LogP contribution in [-0.2, 0) is 4.79 Å². The molecule has 1 aliphatic heterocycles. The van der Waals surface area contributed by atoms with E-state index in [0.29, 0.717) is 23.1 Å². The molecule has 2 heterocycles. The Kier molecular flexibility index (Phi) is 7.15. The zero-order valence-corrected chi connectivity index (χ0v) is 18.7. The first-order valence-electron chi connectivity index (χ1n) is 9.81. The summed E-state index contributed by atoms with van der Waals surface area (Å²) in [5, 5.41) is 3.78. The number of nitrogens with one attached hydrogen (secondary N) is 1. The number of amides is 3. The molecule has 160 valence electrons. The Morgan fingerprint density at radius 3 is 2.40 bits per heavy atom. The fourth-order valence-electron chi connectivity index (χ4n) is 3.66. The molecule has 3 rings (SSSR count). The van der Waals surface area contributed by atoms with E-state index in [4.69, 9.17) is 23.2 Å². The number of benzene rings is 1. The van der Waals surface area contributed by atoms with Crippen LogP contribution in [0.25, 0.3) is 11.1 Å². The monoisotopic (exact) mass is 449 g/mol. The minimum Gasteiger partial charge on any atom is -0.343 e. The van der Waals surface area contributed by atoms with Crippen molar-refractivity contribution in [2.75, 3.05) is 20.1 Å². The molecule has 2 aromatic rings. The smallest absolute Gasteiger partial charge is 0.317 e. The van der Waals surface area contributed by atoms with Gasteiger partial charge in [0, 0.05) is 56.6 Å². The number of halogens is 2. The van der Waals surface area contributed by atoms with Crippen molar-refractivity contribution in [3.8, 4) is 11.1 Å². The molecule has 1 atom stereocenters. The molecule has 1 fully saturated rings. The summed E-state index contributed by atoms with van der Waals surface area (Å²) in [6.07, 6.45) is 6.31. The highest BCUT2D eigenvalue weighted by Gasteiger charge is 2.27. The Hall–Kier alpha value is -2.38. The zero-order valence-electron chi connectivity index (χ0n) is 17.2. The fourth-order valence-corrected chi connectivity index (χ4v) is 4.27. The second-order valence-corrected chi connectivity index (χ2v) is 8.23. The average molecular weight is 450 g/mol. The maximum Gasteiger partial charge on any atom is 0.317 e. The number of piperidine rings is 1. The number of hydrogen-bond donors (Lipinski definition) is 1. The van der Waals surface area contributed by atoms with Gasteiger partial charge in [0.25, 0.3) is 0 Å². The molecule has 1 aromatic heterocycles. The van der Waals surface area contributed by atoms with Crippen molar-refractivity contribution in [1.29, 1.82) is 0 Å². The molecule has 1 N–H and O–H groups in total. The lowest BCUT2D eigenvalue weighted by Gasteiger charge is -2.36. The van der Waals surface area contributed by atoms with E-state index < -0.39 is 0 Å². The van der Waals surface area contributed by atoms with Crippen molar-refractivity contribution in [2.45, 2.75) is 38.8 Å². The Balaban J connectivity index is 1.67. The predicted molar refractivity (Wildman–Crippen MR) is 117 cm³/mol. The van der Waals surface area contributed by atoms with Crippen LogP contribution < -0.4 is 5.32 Å². The summed E-state index contributed by atoms with van der Waals surface area (Å²) in [6, 6.07) is 3.28. The molecule has 1 unspecified atom stereocenters. The van der Waals surface area contributed by atoms with E-state index in [1.807, 2.05) is 24.0 Å². The normalized spacial score (nSPS) is 15.6. The summed E-state index contributed by atoms with van der Waals surface area (Å²) in [6.45, 7) is 4.77. The zero-order chi connectivity index (χ0) is 21.8. The summed E-state index contributed by atoms with van der Waals surface area (Å²) in [5.41, 5.74) is 2.23. The Morgan fingerprint density at radius 2 is 1.80 bits per heavy atom. The molecule has 0 saturated carbocycles. The summed E-state index contributed by atoms with van der Waals surface area (Å²) in [4.78, 5) is 35.8. The Labute approximate surface area is 186 Å². The highest BCUT2D eigenvalue weighted by Crippen LogP contribution is 2.37. The van der Waals surface area contributed by atoms with Gasteiger partial charge in [-0.1, -0.05) is 35.3 Å². The standard InChI is InChI=1S/C21H25Cl2N5O2/c1-13(26-21(30)27(3)16-6-8-28(9-7-16)14(2)29)17-4-5-18(20(23)19(17)22)15-10-24-12-25-11-15/h4-5,10-13,16H,6-9H2,1-3H3,(H,26,30). The van der Waals surface area contributed by atoms with Crippen LogP contribution in [0.5, 0.6) is 0 Å². The van der Waals surface area contributed by atoms with Crippen molar-refractivity contribution in [2.24, 2.45) is 0 Å². The first-order valence-corrected chi connectivity index (χ1v) is 10.6.